The molecular formula is C24H31NO3. The Morgan fingerprint density at radius 2 is 2.07 bits per heavy atom. The van der Waals surface area contributed by atoms with Crippen molar-refractivity contribution >= 4 is 5.78 Å². The largest absolute Gasteiger partial charge is 0.496 e. The SMILES string of the molecule is CCCC(=O)c1cc2c(cc1OC)[C@@]1(C)Cc3nc(C)oc3C(C)(C)[C@@H]1CC2. The smallest absolute Gasteiger partial charge is 0.191 e. The molecule has 4 nitrogen and oxygen atoms in total. The molecule has 150 valence electrons. The number of Topliss-reactive ketones (excluding diaryl/α,β-unsaturated/α-hetero) is 1. The summed E-state index contributed by atoms with van der Waals surface area (Å²) in [5.74, 6) is 3.14. The van der Waals surface area contributed by atoms with Crippen molar-refractivity contribution in [3.05, 3.63) is 46.2 Å². The Balaban J connectivity index is 1.87. The molecule has 4 heteroatoms. The molecule has 4 rings (SSSR count). The third-order valence-electron chi connectivity index (χ3n) is 7.08. The number of rotatable bonds is 4. The first kappa shape index (κ1) is 19.2. The van der Waals surface area contributed by atoms with Crippen LogP contribution < -0.4 is 4.74 Å². The molecule has 28 heavy (non-hydrogen) atoms. The Labute approximate surface area is 167 Å². The lowest BCUT2D eigenvalue weighted by atomic mass is 9.51. The van der Waals surface area contributed by atoms with Crippen molar-refractivity contribution in [1.29, 1.82) is 0 Å². The summed E-state index contributed by atoms with van der Waals surface area (Å²) in [4.78, 5) is 17.4. The van der Waals surface area contributed by atoms with E-state index in [2.05, 4.69) is 32.9 Å². The average molecular weight is 382 g/mol. The highest BCUT2D eigenvalue weighted by molar-refractivity contribution is 5.99. The van der Waals surface area contributed by atoms with Crippen LogP contribution in [0.4, 0.5) is 0 Å². The zero-order chi connectivity index (χ0) is 20.3. The van der Waals surface area contributed by atoms with Gasteiger partial charge in [0.2, 0.25) is 0 Å². The molecule has 1 aromatic carbocycles. The number of benzene rings is 1. The summed E-state index contributed by atoms with van der Waals surface area (Å²) >= 11 is 0. The van der Waals surface area contributed by atoms with Crippen LogP contribution in [0.2, 0.25) is 0 Å². The monoisotopic (exact) mass is 381 g/mol. The summed E-state index contributed by atoms with van der Waals surface area (Å²) in [5, 5.41) is 0. The number of hydrogen-bond donors (Lipinski definition) is 0. The lowest BCUT2D eigenvalue weighted by molar-refractivity contribution is 0.0976. The normalized spacial score (nSPS) is 24.9. The molecule has 2 aliphatic rings. The van der Waals surface area contributed by atoms with E-state index >= 15 is 0 Å². The third-order valence-corrected chi connectivity index (χ3v) is 7.08. The van der Waals surface area contributed by atoms with E-state index in [1.807, 2.05) is 13.8 Å². The molecule has 2 atom stereocenters. The molecule has 0 saturated heterocycles. The molecule has 0 fully saturated rings. The Morgan fingerprint density at radius 1 is 1.32 bits per heavy atom. The molecule has 0 amide bonds. The number of aryl methyl sites for hydroxylation is 2. The second-order valence-electron chi connectivity index (χ2n) is 9.30. The van der Waals surface area contributed by atoms with Gasteiger partial charge in [-0.1, -0.05) is 27.7 Å². The molecule has 2 aliphatic carbocycles. The summed E-state index contributed by atoms with van der Waals surface area (Å²) in [6.45, 7) is 10.9. The number of aromatic nitrogens is 1. The van der Waals surface area contributed by atoms with E-state index in [9.17, 15) is 4.79 Å². The Hall–Kier alpha value is -2.10. The van der Waals surface area contributed by atoms with E-state index in [1.54, 1.807) is 7.11 Å². The second kappa shape index (κ2) is 6.47. The maximum atomic E-state index is 12.6. The molecule has 1 heterocycles. The maximum absolute atomic E-state index is 12.6. The van der Waals surface area contributed by atoms with Gasteiger partial charge in [-0.25, -0.2) is 4.98 Å². The molecule has 0 bridgehead atoms. The number of ether oxygens (including phenoxy) is 1. The quantitative estimate of drug-likeness (QED) is 0.672. The zero-order valence-corrected chi connectivity index (χ0v) is 17.9. The molecule has 0 aliphatic heterocycles. The standard InChI is InChI=1S/C24H31NO3/c1-7-8-19(26)16-11-15-9-10-21-23(3,4)22-18(25-14(2)28-22)13-24(21,5)17(15)12-20(16)27-6/h11-12,21H,7-10,13H2,1-6H3/t21-,24+/m0/s1. The van der Waals surface area contributed by atoms with Crippen molar-refractivity contribution in [2.24, 2.45) is 5.92 Å². The van der Waals surface area contributed by atoms with Gasteiger partial charge in [-0.3, -0.25) is 4.79 Å². The molecule has 2 aromatic rings. The van der Waals surface area contributed by atoms with Crippen LogP contribution in [0, 0.1) is 12.8 Å². The number of hydrogen-bond acceptors (Lipinski definition) is 4. The van der Waals surface area contributed by atoms with Crippen LogP contribution in [0.5, 0.6) is 5.75 Å². The Morgan fingerprint density at radius 3 is 2.75 bits per heavy atom. The van der Waals surface area contributed by atoms with Crippen molar-refractivity contribution in [3.63, 3.8) is 0 Å². The summed E-state index contributed by atoms with van der Waals surface area (Å²) in [6, 6.07) is 4.24. The Kier molecular flexibility index (Phi) is 4.44. The van der Waals surface area contributed by atoms with Crippen LogP contribution in [0.1, 0.15) is 85.8 Å². The molecule has 0 unspecified atom stereocenters. The predicted molar refractivity (Wildman–Crippen MR) is 109 cm³/mol. The van der Waals surface area contributed by atoms with E-state index in [-0.39, 0.29) is 16.6 Å². The second-order valence-corrected chi connectivity index (χ2v) is 9.30. The number of carbonyl (C=O) groups is 1. The van der Waals surface area contributed by atoms with E-state index in [1.165, 1.54) is 11.1 Å². The van der Waals surface area contributed by atoms with Crippen LogP contribution >= 0.6 is 0 Å². The van der Waals surface area contributed by atoms with Crippen LogP contribution in [-0.2, 0) is 23.7 Å². The Bertz CT molecular complexity index is 940. The highest BCUT2D eigenvalue weighted by Crippen LogP contribution is 2.57. The third kappa shape index (κ3) is 2.64. The zero-order valence-electron chi connectivity index (χ0n) is 17.9. The number of oxazole rings is 1. The van der Waals surface area contributed by atoms with E-state index in [0.29, 0.717) is 18.1 Å². The topological polar surface area (TPSA) is 52.3 Å². The van der Waals surface area contributed by atoms with Gasteiger partial charge in [0.15, 0.2) is 11.7 Å². The minimum Gasteiger partial charge on any atom is -0.496 e. The summed E-state index contributed by atoms with van der Waals surface area (Å²) in [7, 11) is 1.66. The van der Waals surface area contributed by atoms with Gasteiger partial charge in [-0.2, -0.15) is 0 Å². The van der Waals surface area contributed by atoms with E-state index in [4.69, 9.17) is 14.1 Å². The van der Waals surface area contributed by atoms with Gasteiger partial charge >= 0.3 is 0 Å². The number of nitrogens with zero attached hydrogens (tertiary/aromatic N) is 1. The van der Waals surface area contributed by atoms with Crippen molar-refractivity contribution < 1.29 is 13.9 Å². The van der Waals surface area contributed by atoms with Gasteiger partial charge in [0.25, 0.3) is 0 Å². The van der Waals surface area contributed by atoms with Gasteiger partial charge in [0.05, 0.1) is 18.4 Å². The first-order chi connectivity index (χ1) is 13.2. The van der Waals surface area contributed by atoms with Gasteiger partial charge in [0, 0.05) is 30.6 Å². The van der Waals surface area contributed by atoms with Crippen molar-refractivity contribution in [2.75, 3.05) is 7.11 Å². The summed E-state index contributed by atoms with van der Waals surface area (Å²) in [5.41, 5.74) is 4.29. The lowest BCUT2D eigenvalue weighted by Gasteiger charge is -2.52. The van der Waals surface area contributed by atoms with Crippen molar-refractivity contribution in [1.82, 2.24) is 4.98 Å². The van der Waals surface area contributed by atoms with Crippen LogP contribution in [-0.4, -0.2) is 17.9 Å². The maximum Gasteiger partial charge on any atom is 0.191 e. The molecular weight excluding hydrogens is 350 g/mol. The van der Waals surface area contributed by atoms with Crippen molar-refractivity contribution in [2.45, 2.75) is 77.6 Å². The molecule has 0 saturated carbocycles. The number of methoxy groups -OCH3 is 1. The molecule has 0 spiro atoms. The average Bonchev–Trinajstić information content (AvgIpc) is 3.01. The fourth-order valence-corrected chi connectivity index (χ4v) is 5.89. The van der Waals surface area contributed by atoms with Crippen molar-refractivity contribution in [3.8, 4) is 5.75 Å². The molecule has 0 N–H and O–H groups in total. The van der Waals surface area contributed by atoms with Gasteiger partial charge < -0.3 is 9.15 Å². The van der Waals surface area contributed by atoms with Crippen LogP contribution in [0.15, 0.2) is 16.5 Å². The van der Waals surface area contributed by atoms with Gasteiger partial charge in [0.1, 0.15) is 11.5 Å². The lowest BCUT2D eigenvalue weighted by Crippen LogP contribution is -2.51. The predicted octanol–water partition coefficient (Wildman–Crippen LogP) is 5.33. The number of fused-ring (bicyclic) bond motifs is 4. The highest BCUT2D eigenvalue weighted by atomic mass is 16.5. The van der Waals surface area contributed by atoms with E-state index in [0.717, 1.165) is 48.6 Å². The molecule has 0 radical (unpaired) electrons. The highest BCUT2D eigenvalue weighted by Gasteiger charge is 2.54. The number of carbonyl (C=O) groups excluding carboxylic acids is 1. The minimum absolute atomic E-state index is 0.0486. The van der Waals surface area contributed by atoms with Gasteiger partial charge in [-0.05, 0) is 48.4 Å². The first-order valence-corrected chi connectivity index (χ1v) is 10.4. The van der Waals surface area contributed by atoms with Crippen LogP contribution in [0.3, 0.4) is 0 Å². The number of ketones is 1. The van der Waals surface area contributed by atoms with Gasteiger partial charge in [-0.15, -0.1) is 0 Å². The minimum atomic E-state index is -0.0782. The van der Waals surface area contributed by atoms with Crippen LogP contribution in [0.25, 0.3) is 0 Å². The summed E-state index contributed by atoms with van der Waals surface area (Å²) < 4.78 is 11.7. The van der Waals surface area contributed by atoms with E-state index < -0.39 is 0 Å². The molecule has 1 aromatic heterocycles. The fourth-order valence-electron chi connectivity index (χ4n) is 5.89. The fraction of sp³-hybridized carbons (Fsp3) is 0.583. The summed E-state index contributed by atoms with van der Waals surface area (Å²) in [6.07, 6.45) is 4.35. The first-order valence-electron chi connectivity index (χ1n) is 10.4.